The van der Waals surface area contributed by atoms with Crippen LogP contribution in [0.2, 0.25) is 0 Å². The van der Waals surface area contributed by atoms with Gasteiger partial charge in [-0.15, -0.1) is 0 Å². The number of rotatable bonds is 4. The average Bonchev–Trinajstić information content (AvgIpc) is 2.87. The van der Waals surface area contributed by atoms with Gasteiger partial charge in [0.1, 0.15) is 23.9 Å². The first-order valence-corrected chi connectivity index (χ1v) is 7.30. The number of hydrogen-bond donors (Lipinski definition) is 2. The maximum Gasteiger partial charge on any atom is 0.128 e. The predicted molar refractivity (Wildman–Crippen MR) is 86.4 cm³/mol. The molecule has 0 saturated carbocycles. The van der Waals surface area contributed by atoms with Crippen LogP contribution in [0.5, 0.6) is 17.2 Å². The minimum absolute atomic E-state index is 0.216. The molecule has 0 aliphatic carbocycles. The van der Waals surface area contributed by atoms with Crippen LogP contribution in [0.25, 0.3) is 10.9 Å². The van der Waals surface area contributed by atoms with Crippen molar-refractivity contribution in [2.75, 3.05) is 0 Å². The Morgan fingerprint density at radius 1 is 1.05 bits per heavy atom. The zero-order valence-electron chi connectivity index (χ0n) is 12.7. The lowest BCUT2D eigenvalue weighted by Gasteiger charge is -2.15. The fourth-order valence-corrected chi connectivity index (χ4v) is 2.71. The third kappa shape index (κ3) is 2.60. The Labute approximate surface area is 129 Å². The van der Waals surface area contributed by atoms with Crippen molar-refractivity contribution in [1.82, 2.24) is 4.57 Å². The molecule has 0 atom stereocenters. The number of aromatic nitrogens is 1. The first-order chi connectivity index (χ1) is 10.6. The smallest absolute Gasteiger partial charge is 0.128 e. The van der Waals surface area contributed by atoms with Crippen molar-refractivity contribution in [1.29, 1.82) is 0 Å². The lowest BCUT2D eigenvalue weighted by Crippen LogP contribution is -2.08. The van der Waals surface area contributed by atoms with Crippen LogP contribution in [-0.2, 0) is 6.61 Å². The molecule has 0 aliphatic heterocycles. The zero-order chi connectivity index (χ0) is 15.7. The molecule has 22 heavy (non-hydrogen) atoms. The molecule has 0 amide bonds. The molecule has 3 rings (SSSR count). The fraction of sp³-hybridized carbons (Fsp3) is 0.222. The summed E-state index contributed by atoms with van der Waals surface area (Å²) in [6.45, 7) is 4.61. The molecule has 0 radical (unpaired) electrons. The van der Waals surface area contributed by atoms with Crippen LogP contribution in [0.1, 0.15) is 25.6 Å². The highest BCUT2D eigenvalue weighted by Crippen LogP contribution is 2.31. The topological polar surface area (TPSA) is 54.6 Å². The van der Waals surface area contributed by atoms with Crippen molar-refractivity contribution in [2.45, 2.75) is 26.5 Å². The van der Waals surface area contributed by atoms with E-state index >= 15 is 0 Å². The summed E-state index contributed by atoms with van der Waals surface area (Å²) in [6, 6.07) is 14.4. The van der Waals surface area contributed by atoms with Gasteiger partial charge in [0, 0.05) is 11.4 Å². The van der Waals surface area contributed by atoms with Gasteiger partial charge in [-0.05, 0) is 56.3 Å². The highest BCUT2D eigenvalue weighted by molar-refractivity contribution is 5.87. The Kier molecular flexibility index (Phi) is 3.67. The van der Waals surface area contributed by atoms with Crippen LogP contribution in [0.15, 0.2) is 48.5 Å². The maximum atomic E-state index is 10.0. The Hall–Kier alpha value is -2.62. The lowest BCUT2D eigenvalue weighted by atomic mass is 10.2. The second kappa shape index (κ2) is 5.64. The molecule has 2 aromatic carbocycles. The number of hydrogen-bond acceptors (Lipinski definition) is 3. The van der Waals surface area contributed by atoms with Crippen LogP contribution in [0.3, 0.4) is 0 Å². The van der Waals surface area contributed by atoms with Crippen molar-refractivity contribution in [3.05, 3.63) is 54.2 Å². The van der Waals surface area contributed by atoms with E-state index in [2.05, 4.69) is 18.4 Å². The van der Waals surface area contributed by atoms with Crippen molar-refractivity contribution in [3.8, 4) is 17.2 Å². The number of ether oxygens (including phenoxy) is 1. The lowest BCUT2D eigenvalue weighted by molar-refractivity contribution is 0.292. The summed E-state index contributed by atoms with van der Waals surface area (Å²) < 4.78 is 7.96. The molecule has 2 N–H and O–H groups in total. The van der Waals surface area contributed by atoms with Crippen LogP contribution in [-0.4, -0.2) is 14.8 Å². The van der Waals surface area contributed by atoms with Gasteiger partial charge in [0.25, 0.3) is 0 Å². The van der Waals surface area contributed by atoms with Gasteiger partial charge in [0.2, 0.25) is 0 Å². The second-order valence-corrected chi connectivity index (χ2v) is 5.59. The summed E-state index contributed by atoms with van der Waals surface area (Å²) >= 11 is 0. The van der Waals surface area contributed by atoms with E-state index < -0.39 is 0 Å². The largest absolute Gasteiger partial charge is 0.508 e. The molecule has 0 aliphatic rings. The minimum atomic E-state index is 0.216. The van der Waals surface area contributed by atoms with Gasteiger partial charge in [-0.1, -0.05) is 6.07 Å². The average molecular weight is 297 g/mol. The normalized spacial score (nSPS) is 11.2. The summed E-state index contributed by atoms with van der Waals surface area (Å²) in [5, 5.41) is 20.2. The van der Waals surface area contributed by atoms with Gasteiger partial charge in [-0.3, -0.25) is 0 Å². The van der Waals surface area contributed by atoms with Gasteiger partial charge in [0.05, 0.1) is 11.2 Å². The summed E-state index contributed by atoms with van der Waals surface area (Å²) in [6.07, 6.45) is 0. The fourth-order valence-electron chi connectivity index (χ4n) is 2.71. The molecule has 0 unspecified atom stereocenters. The Morgan fingerprint density at radius 3 is 2.45 bits per heavy atom. The maximum absolute atomic E-state index is 10.0. The van der Waals surface area contributed by atoms with E-state index in [0.717, 1.165) is 16.6 Å². The quantitative estimate of drug-likeness (QED) is 0.758. The summed E-state index contributed by atoms with van der Waals surface area (Å²) in [5.41, 5.74) is 2.00. The van der Waals surface area contributed by atoms with Crippen LogP contribution in [0, 0.1) is 0 Å². The van der Waals surface area contributed by atoms with Crippen molar-refractivity contribution < 1.29 is 14.9 Å². The van der Waals surface area contributed by atoms with Gasteiger partial charge >= 0.3 is 0 Å². The molecular weight excluding hydrogens is 278 g/mol. The monoisotopic (exact) mass is 297 g/mol. The highest BCUT2D eigenvalue weighted by Gasteiger charge is 2.14. The highest BCUT2D eigenvalue weighted by atomic mass is 16.5. The Bertz CT molecular complexity index is 788. The van der Waals surface area contributed by atoms with Crippen LogP contribution in [0.4, 0.5) is 0 Å². The molecular formula is C18H19NO3. The molecule has 3 aromatic rings. The van der Waals surface area contributed by atoms with E-state index in [1.807, 2.05) is 18.2 Å². The van der Waals surface area contributed by atoms with Gasteiger partial charge < -0.3 is 19.5 Å². The van der Waals surface area contributed by atoms with Crippen molar-refractivity contribution >= 4 is 10.9 Å². The first kappa shape index (κ1) is 14.3. The number of fused-ring (bicyclic) bond motifs is 1. The molecule has 114 valence electrons. The summed E-state index contributed by atoms with van der Waals surface area (Å²) in [7, 11) is 0. The van der Waals surface area contributed by atoms with Crippen LogP contribution >= 0.6 is 0 Å². The Balaban J connectivity index is 1.94. The molecule has 0 bridgehead atoms. The molecule has 4 nitrogen and oxygen atoms in total. The standard InChI is InChI=1S/C18H19NO3/c1-12(2)19-13(10-16-17(19)4-3-5-18(16)21)11-22-15-8-6-14(20)7-9-15/h3-10,12,20-21H,11H2,1-2H3. The Morgan fingerprint density at radius 2 is 1.77 bits per heavy atom. The summed E-state index contributed by atoms with van der Waals surface area (Å²) in [5.74, 6) is 1.19. The van der Waals surface area contributed by atoms with Crippen LogP contribution < -0.4 is 4.74 Å². The van der Waals surface area contributed by atoms with Gasteiger partial charge in [-0.2, -0.15) is 0 Å². The van der Waals surface area contributed by atoms with E-state index in [0.29, 0.717) is 12.4 Å². The SMILES string of the molecule is CC(C)n1c(COc2ccc(O)cc2)cc2c(O)cccc21. The minimum Gasteiger partial charge on any atom is -0.508 e. The van der Waals surface area contributed by atoms with E-state index in [9.17, 15) is 10.2 Å². The third-order valence-electron chi connectivity index (χ3n) is 3.68. The number of phenols is 2. The molecule has 1 aromatic heterocycles. The first-order valence-electron chi connectivity index (χ1n) is 7.30. The number of aromatic hydroxyl groups is 2. The number of phenolic OH excluding ortho intramolecular Hbond substituents is 2. The van der Waals surface area contributed by atoms with Crippen molar-refractivity contribution in [2.24, 2.45) is 0 Å². The molecule has 4 heteroatoms. The number of benzene rings is 2. The van der Waals surface area contributed by atoms with E-state index in [4.69, 9.17) is 4.74 Å². The van der Waals surface area contributed by atoms with Gasteiger partial charge in [0.15, 0.2) is 0 Å². The molecule has 1 heterocycles. The second-order valence-electron chi connectivity index (χ2n) is 5.59. The molecule has 0 saturated heterocycles. The van der Waals surface area contributed by atoms with Gasteiger partial charge in [-0.25, -0.2) is 0 Å². The summed E-state index contributed by atoms with van der Waals surface area (Å²) in [4.78, 5) is 0. The predicted octanol–water partition coefficient (Wildman–Crippen LogP) is 4.21. The third-order valence-corrected chi connectivity index (χ3v) is 3.68. The molecule has 0 fully saturated rings. The van der Waals surface area contributed by atoms with E-state index in [-0.39, 0.29) is 17.5 Å². The molecule has 0 spiro atoms. The number of nitrogens with zero attached hydrogens (tertiary/aromatic N) is 1. The van der Waals surface area contributed by atoms with E-state index in [1.165, 1.54) is 0 Å². The zero-order valence-corrected chi connectivity index (χ0v) is 12.7. The van der Waals surface area contributed by atoms with E-state index in [1.54, 1.807) is 30.3 Å². The van der Waals surface area contributed by atoms with Crippen molar-refractivity contribution in [3.63, 3.8) is 0 Å².